The SMILES string of the molecule is CC1(C)Oc2ccc(NCc3c(F)cccc3Cl)cc2O1. The van der Waals surface area contributed by atoms with Gasteiger partial charge in [-0.05, 0) is 24.3 Å². The van der Waals surface area contributed by atoms with Gasteiger partial charge in [-0.2, -0.15) is 0 Å². The van der Waals surface area contributed by atoms with E-state index in [0.717, 1.165) is 5.69 Å². The summed E-state index contributed by atoms with van der Waals surface area (Å²) < 4.78 is 25.0. The van der Waals surface area contributed by atoms with E-state index in [1.807, 2.05) is 32.0 Å². The van der Waals surface area contributed by atoms with Crippen LogP contribution in [0.3, 0.4) is 0 Å². The van der Waals surface area contributed by atoms with Gasteiger partial charge in [0, 0.05) is 42.7 Å². The van der Waals surface area contributed by atoms with Crippen LogP contribution in [-0.2, 0) is 6.54 Å². The highest BCUT2D eigenvalue weighted by molar-refractivity contribution is 6.31. The molecule has 5 heteroatoms. The summed E-state index contributed by atoms with van der Waals surface area (Å²) >= 11 is 6.00. The molecular formula is C16H15ClFNO2. The number of fused-ring (bicyclic) bond motifs is 1. The Kier molecular flexibility index (Phi) is 3.41. The Bertz CT molecular complexity index is 668. The van der Waals surface area contributed by atoms with E-state index in [-0.39, 0.29) is 5.82 Å². The monoisotopic (exact) mass is 307 g/mol. The molecule has 0 aliphatic carbocycles. The summed E-state index contributed by atoms with van der Waals surface area (Å²) in [6.07, 6.45) is 0. The Morgan fingerprint density at radius 3 is 2.67 bits per heavy atom. The van der Waals surface area contributed by atoms with Crippen LogP contribution in [0.1, 0.15) is 19.4 Å². The van der Waals surface area contributed by atoms with E-state index < -0.39 is 5.79 Å². The summed E-state index contributed by atoms with van der Waals surface area (Å²) in [7, 11) is 0. The quantitative estimate of drug-likeness (QED) is 0.899. The largest absolute Gasteiger partial charge is 0.449 e. The molecule has 1 heterocycles. The van der Waals surface area contributed by atoms with E-state index in [0.29, 0.717) is 28.6 Å². The zero-order valence-corrected chi connectivity index (χ0v) is 12.5. The Morgan fingerprint density at radius 1 is 1.14 bits per heavy atom. The van der Waals surface area contributed by atoms with Crippen molar-refractivity contribution in [1.29, 1.82) is 0 Å². The van der Waals surface area contributed by atoms with Crippen LogP contribution in [-0.4, -0.2) is 5.79 Å². The molecule has 0 aromatic heterocycles. The zero-order chi connectivity index (χ0) is 15.0. The van der Waals surface area contributed by atoms with Crippen molar-refractivity contribution in [2.24, 2.45) is 0 Å². The van der Waals surface area contributed by atoms with Gasteiger partial charge in [-0.15, -0.1) is 0 Å². The molecule has 3 rings (SSSR count). The minimum absolute atomic E-state index is 0.300. The summed E-state index contributed by atoms with van der Waals surface area (Å²) in [5.74, 6) is 0.395. The van der Waals surface area contributed by atoms with Gasteiger partial charge in [-0.3, -0.25) is 0 Å². The van der Waals surface area contributed by atoms with Crippen LogP contribution in [0.15, 0.2) is 36.4 Å². The molecule has 0 fully saturated rings. The van der Waals surface area contributed by atoms with Gasteiger partial charge in [0.2, 0.25) is 5.79 Å². The van der Waals surface area contributed by atoms with E-state index in [2.05, 4.69) is 5.32 Å². The normalized spacial score (nSPS) is 15.0. The lowest BCUT2D eigenvalue weighted by Crippen LogP contribution is -2.29. The lowest BCUT2D eigenvalue weighted by Gasteiger charge is -2.16. The van der Waals surface area contributed by atoms with Gasteiger partial charge in [0.05, 0.1) is 0 Å². The molecule has 1 aliphatic rings. The average Bonchev–Trinajstić information content (AvgIpc) is 2.71. The van der Waals surface area contributed by atoms with Gasteiger partial charge in [0.15, 0.2) is 11.5 Å². The van der Waals surface area contributed by atoms with Gasteiger partial charge in [-0.25, -0.2) is 4.39 Å². The van der Waals surface area contributed by atoms with Crippen molar-refractivity contribution in [3.63, 3.8) is 0 Å². The molecular weight excluding hydrogens is 293 g/mol. The van der Waals surface area contributed by atoms with Crippen molar-refractivity contribution in [2.45, 2.75) is 26.2 Å². The Balaban J connectivity index is 1.76. The van der Waals surface area contributed by atoms with Gasteiger partial charge in [0.25, 0.3) is 0 Å². The van der Waals surface area contributed by atoms with E-state index in [4.69, 9.17) is 21.1 Å². The Hall–Kier alpha value is -1.94. The molecule has 1 aliphatic heterocycles. The number of anilines is 1. The highest BCUT2D eigenvalue weighted by Crippen LogP contribution is 2.40. The van der Waals surface area contributed by atoms with Crippen molar-refractivity contribution >= 4 is 17.3 Å². The molecule has 0 amide bonds. The summed E-state index contributed by atoms with van der Waals surface area (Å²) in [4.78, 5) is 0. The molecule has 0 spiro atoms. The lowest BCUT2D eigenvalue weighted by molar-refractivity contribution is -0.0431. The molecule has 0 bridgehead atoms. The van der Waals surface area contributed by atoms with E-state index in [1.54, 1.807) is 12.1 Å². The maximum atomic E-state index is 13.7. The number of hydrogen-bond acceptors (Lipinski definition) is 3. The van der Waals surface area contributed by atoms with Gasteiger partial charge in [-0.1, -0.05) is 17.7 Å². The van der Waals surface area contributed by atoms with Crippen LogP contribution in [0.25, 0.3) is 0 Å². The average molecular weight is 308 g/mol. The van der Waals surface area contributed by atoms with Crippen LogP contribution < -0.4 is 14.8 Å². The van der Waals surface area contributed by atoms with Crippen LogP contribution in [0.2, 0.25) is 5.02 Å². The second-order valence-corrected chi connectivity index (χ2v) is 5.73. The summed E-state index contributed by atoms with van der Waals surface area (Å²) in [6.45, 7) is 3.99. The maximum Gasteiger partial charge on any atom is 0.246 e. The smallest absolute Gasteiger partial charge is 0.246 e. The molecule has 0 saturated carbocycles. The van der Waals surface area contributed by atoms with E-state index >= 15 is 0 Å². The second-order valence-electron chi connectivity index (χ2n) is 5.32. The number of benzene rings is 2. The summed E-state index contributed by atoms with van der Waals surface area (Å²) in [5.41, 5.74) is 1.26. The number of rotatable bonds is 3. The molecule has 0 atom stereocenters. The third kappa shape index (κ3) is 2.90. The Labute approximate surface area is 127 Å². The fourth-order valence-corrected chi connectivity index (χ4v) is 2.45. The van der Waals surface area contributed by atoms with Crippen LogP contribution in [0.5, 0.6) is 11.5 Å². The zero-order valence-electron chi connectivity index (χ0n) is 11.7. The van der Waals surface area contributed by atoms with Crippen molar-refractivity contribution < 1.29 is 13.9 Å². The molecule has 3 nitrogen and oxygen atoms in total. The van der Waals surface area contributed by atoms with Crippen molar-refractivity contribution in [2.75, 3.05) is 5.32 Å². The standard InChI is InChI=1S/C16H15ClFNO2/c1-16(2)20-14-7-6-10(8-15(14)21-16)19-9-11-12(17)4-3-5-13(11)18/h3-8,19H,9H2,1-2H3. The first kappa shape index (κ1) is 14.0. The minimum atomic E-state index is -0.657. The fourth-order valence-electron chi connectivity index (χ4n) is 2.22. The van der Waals surface area contributed by atoms with Gasteiger partial charge in [0.1, 0.15) is 5.82 Å². The molecule has 0 radical (unpaired) electrons. The molecule has 0 unspecified atom stereocenters. The lowest BCUT2D eigenvalue weighted by atomic mass is 10.2. The first-order valence-electron chi connectivity index (χ1n) is 6.63. The number of nitrogens with one attached hydrogen (secondary N) is 1. The van der Waals surface area contributed by atoms with Crippen molar-refractivity contribution in [1.82, 2.24) is 0 Å². The number of ether oxygens (including phenoxy) is 2. The third-order valence-corrected chi connectivity index (χ3v) is 3.54. The highest BCUT2D eigenvalue weighted by Gasteiger charge is 2.31. The number of halogens is 2. The maximum absolute atomic E-state index is 13.7. The minimum Gasteiger partial charge on any atom is -0.449 e. The number of hydrogen-bond donors (Lipinski definition) is 1. The first-order chi connectivity index (χ1) is 9.94. The summed E-state index contributed by atoms with van der Waals surface area (Å²) in [6, 6.07) is 10.2. The van der Waals surface area contributed by atoms with E-state index in [9.17, 15) is 4.39 Å². The topological polar surface area (TPSA) is 30.5 Å². The predicted octanol–water partition coefficient (Wildman–Crippen LogP) is 4.60. The van der Waals surface area contributed by atoms with Crippen molar-refractivity contribution in [3.8, 4) is 11.5 Å². The van der Waals surface area contributed by atoms with Crippen LogP contribution in [0.4, 0.5) is 10.1 Å². The first-order valence-corrected chi connectivity index (χ1v) is 7.01. The van der Waals surface area contributed by atoms with Gasteiger partial charge < -0.3 is 14.8 Å². The van der Waals surface area contributed by atoms with E-state index in [1.165, 1.54) is 6.07 Å². The molecule has 21 heavy (non-hydrogen) atoms. The Morgan fingerprint density at radius 2 is 1.90 bits per heavy atom. The molecule has 2 aromatic rings. The van der Waals surface area contributed by atoms with Crippen LogP contribution in [0, 0.1) is 5.82 Å². The fraction of sp³-hybridized carbons (Fsp3) is 0.250. The third-order valence-electron chi connectivity index (χ3n) is 3.19. The molecule has 2 aromatic carbocycles. The van der Waals surface area contributed by atoms with Gasteiger partial charge >= 0.3 is 0 Å². The highest BCUT2D eigenvalue weighted by atomic mass is 35.5. The second kappa shape index (κ2) is 5.11. The summed E-state index contributed by atoms with van der Waals surface area (Å²) in [5, 5.41) is 3.55. The predicted molar refractivity (Wildman–Crippen MR) is 80.5 cm³/mol. The molecule has 110 valence electrons. The van der Waals surface area contributed by atoms with Crippen LogP contribution >= 0.6 is 11.6 Å². The molecule has 1 N–H and O–H groups in total. The molecule has 0 saturated heterocycles. The van der Waals surface area contributed by atoms with Crippen molar-refractivity contribution in [3.05, 3.63) is 52.8 Å².